The normalized spacial score (nSPS) is 18.9. The molecule has 1 unspecified atom stereocenters. The predicted octanol–water partition coefficient (Wildman–Crippen LogP) is 2.90. The summed E-state index contributed by atoms with van der Waals surface area (Å²) in [5, 5.41) is 4.50. The zero-order valence-electron chi connectivity index (χ0n) is 11.5. The van der Waals surface area contributed by atoms with Crippen LogP contribution in [-0.4, -0.2) is 27.1 Å². The molecule has 1 aromatic carbocycles. The molecule has 2 heterocycles. The van der Waals surface area contributed by atoms with E-state index < -0.39 is 0 Å². The molecule has 20 heavy (non-hydrogen) atoms. The number of carbonyl (C=O) groups is 1. The zero-order chi connectivity index (χ0) is 14.3. The summed E-state index contributed by atoms with van der Waals surface area (Å²) in [7, 11) is 1.89. The smallest absolute Gasteiger partial charge is 0.229 e. The molecule has 1 fully saturated rings. The van der Waals surface area contributed by atoms with Gasteiger partial charge in [0.1, 0.15) is 5.82 Å². The summed E-state index contributed by atoms with van der Waals surface area (Å²) in [4.78, 5) is 14.2. The Morgan fingerprint density at radius 1 is 1.30 bits per heavy atom. The van der Waals surface area contributed by atoms with Crippen molar-refractivity contribution in [1.82, 2.24) is 9.78 Å². The highest BCUT2D eigenvalue weighted by atomic mass is 79.9. The second-order valence-corrected chi connectivity index (χ2v) is 6.37. The lowest BCUT2D eigenvalue weighted by atomic mass is 10.1. The van der Waals surface area contributed by atoms with Crippen LogP contribution in [0.3, 0.4) is 0 Å². The summed E-state index contributed by atoms with van der Waals surface area (Å²) >= 11 is 3.54. The Morgan fingerprint density at radius 3 is 2.60 bits per heavy atom. The fourth-order valence-corrected chi connectivity index (χ4v) is 3.33. The van der Waals surface area contributed by atoms with Gasteiger partial charge in [0.05, 0.1) is 5.69 Å². The maximum Gasteiger partial charge on any atom is 0.229 e. The number of amides is 1. The number of aromatic nitrogens is 2. The Bertz CT molecular complexity index is 651. The number of nitrogens with zero attached hydrogens (tertiary/aromatic N) is 3. The molecule has 0 aliphatic carbocycles. The minimum Gasteiger partial charge on any atom is -0.295 e. The van der Waals surface area contributed by atoms with Crippen LogP contribution < -0.4 is 4.90 Å². The van der Waals surface area contributed by atoms with Crippen LogP contribution in [0.1, 0.15) is 12.1 Å². The van der Waals surface area contributed by atoms with E-state index in [2.05, 4.69) is 33.2 Å². The molecule has 0 N–H and O–H groups in total. The van der Waals surface area contributed by atoms with Gasteiger partial charge in [0.15, 0.2) is 0 Å². The summed E-state index contributed by atoms with van der Waals surface area (Å²) in [6, 6.07) is 10.1. The Morgan fingerprint density at radius 2 is 2.00 bits per heavy atom. The third kappa shape index (κ3) is 2.16. The molecule has 1 saturated heterocycles. The lowest BCUT2D eigenvalue weighted by molar-refractivity contribution is -0.117. The molecule has 3 rings (SSSR count). The van der Waals surface area contributed by atoms with Crippen LogP contribution in [0.25, 0.3) is 11.1 Å². The molecule has 2 aromatic rings. The van der Waals surface area contributed by atoms with Crippen LogP contribution in [0.4, 0.5) is 5.82 Å². The Balaban J connectivity index is 2.14. The van der Waals surface area contributed by atoms with Gasteiger partial charge in [0, 0.05) is 30.4 Å². The van der Waals surface area contributed by atoms with Gasteiger partial charge in [-0.3, -0.25) is 14.4 Å². The Kier molecular flexibility index (Phi) is 3.38. The minimum absolute atomic E-state index is 0.145. The molecule has 1 atom stereocenters. The fraction of sp³-hybridized carbons (Fsp3) is 0.333. The molecule has 0 saturated carbocycles. The van der Waals surface area contributed by atoms with Crippen molar-refractivity contribution in [1.29, 1.82) is 0 Å². The number of hydrogen-bond donors (Lipinski definition) is 0. The first-order valence-electron chi connectivity index (χ1n) is 6.61. The van der Waals surface area contributed by atoms with Gasteiger partial charge in [0.2, 0.25) is 5.91 Å². The first-order chi connectivity index (χ1) is 9.58. The number of aryl methyl sites for hydroxylation is 2. The first kappa shape index (κ1) is 13.4. The topological polar surface area (TPSA) is 38.1 Å². The van der Waals surface area contributed by atoms with Crippen molar-refractivity contribution in [2.45, 2.75) is 18.2 Å². The van der Waals surface area contributed by atoms with Gasteiger partial charge in [-0.2, -0.15) is 5.10 Å². The molecule has 1 amide bonds. The lowest BCUT2D eigenvalue weighted by Crippen LogP contribution is -2.27. The maximum absolute atomic E-state index is 12.2. The third-order valence-electron chi connectivity index (χ3n) is 3.59. The highest BCUT2D eigenvalue weighted by Gasteiger charge is 2.33. The van der Waals surface area contributed by atoms with Crippen LogP contribution in [-0.2, 0) is 11.8 Å². The number of carbonyl (C=O) groups excluding carboxylic acids is 1. The Labute approximate surface area is 126 Å². The summed E-state index contributed by atoms with van der Waals surface area (Å²) in [6.07, 6.45) is 0.540. The number of benzene rings is 1. The second kappa shape index (κ2) is 5.05. The highest BCUT2D eigenvalue weighted by molar-refractivity contribution is 9.09. The van der Waals surface area contributed by atoms with E-state index in [1.165, 1.54) is 0 Å². The molecule has 1 aliphatic rings. The van der Waals surface area contributed by atoms with Gasteiger partial charge in [-0.25, -0.2) is 0 Å². The van der Waals surface area contributed by atoms with E-state index >= 15 is 0 Å². The summed E-state index contributed by atoms with van der Waals surface area (Å²) in [6.45, 7) is 2.68. The molecule has 1 aliphatic heterocycles. The van der Waals surface area contributed by atoms with E-state index in [-0.39, 0.29) is 10.7 Å². The quantitative estimate of drug-likeness (QED) is 0.792. The monoisotopic (exact) mass is 333 g/mol. The number of anilines is 1. The predicted molar refractivity (Wildman–Crippen MR) is 83.1 cm³/mol. The van der Waals surface area contributed by atoms with Gasteiger partial charge < -0.3 is 0 Å². The van der Waals surface area contributed by atoms with Crippen LogP contribution in [0, 0.1) is 6.92 Å². The van der Waals surface area contributed by atoms with Crippen molar-refractivity contribution in [2.24, 2.45) is 7.05 Å². The van der Waals surface area contributed by atoms with E-state index in [1.54, 1.807) is 4.68 Å². The molecule has 0 bridgehead atoms. The van der Waals surface area contributed by atoms with E-state index in [1.807, 2.05) is 37.1 Å². The minimum atomic E-state index is 0.145. The SMILES string of the molecule is Cc1nn(C)c(N2CC(Br)CC2=O)c1-c1ccccc1. The van der Waals surface area contributed by atoms with E-state index in [0.717, 1.165) is 22.6 Å². The number of halogens is 1. The van der Waals surface area contributed by atoms with Crippen molar-refractivity contribution in [2.75, 3.05) is 11.4 Å². The summed E-state index contributed by atoms with van der Waals surface area (Å²) in [5.74, 6) is 1.03. The molecular weight excluding hydrogens is 318 g/mol. The second-order valence-electron chi connectivity index (χ2n) is 5.08. The highest BCUT2D eigenvalue weighted by Crippen LogP contribution is 2.36. The average molecular weight is 334 g/mol. The van der Waals surface area contributed by atoms with Crippen molar-refractivity contribution < 1.29 is 4.79 Å². The summed E-state index contributed by atoms with van der Waals surface area (Å²) in [5.41, 5.74) is 3.08. The van der Waals surface area contributed by atoms with Crippen molar-refractivity contribution in [3.05, 3.63) is 36.0 Å². The molecule has 4 nitrogen and oxygen atoms in total. The third-order valence-corrected chi connectivity index (χ3v) is 4.20. The van der Waals surface area contributed by atoms with Crippen LogP contribution in [0.15, 0.2) is 30.3 Å². The average Bonchev–Trinajstić information content (AvgIpc) is 2.89. The van der Waals surface area contributed by atoms with Crippen molar-refractivity contribution in [3.63, 3.8) is 0 Å². The lowest BCUT2D eigenvalue weighted by Gasteiger charge is -2.18. The van der Waals surface area contributed by atoms with Gasteiger partial charge in [0.25, 0.3) is 0 Å². The van der Waals surface area contributed by atoms with Gasteiger partial charge in [-0.15, -0.1) is 0 Å². The zero-order valence-corrected chi connectivity index (χ0v) is 13.1. The molecular formula is C15H16BrN3O. The molecule has 0 radical (unpaired) electrons. The number of alkyl halides is 1. The molecule has 1 aromatic heterocycles. The van der Waals surface area contributed by atoms with Gasteiger partial charge in [-0.1, -0.05) is 46.3 Å². The molecule has 5 heteroatoms. The standard InChI is InChI=1S/C15H16BrN3O/c1-10-14(11-6-4-3-5-7-11)15(18(2)17-10)19-9-12(16)8-13(19)20/h3-7,12H,8-9H2,1-2H3. The summed E-state index contributed by atoms with van der Waals surface area (Å²) < 4.78 is 1.81. The van der Waals surface area contributed by atoms with Crippen LogP contribution in [0.2, 0.25) is 0 Å². The first-order valence-corrected chi connectivity index (χ1v) is 7.53. The maximum atomic E-state index is 12.2. The van der Waals surface area contributed by atoms with Gasteiger partial charge >= 0.3 is 0 Å². The van der Waals surface area contributed by atoms with E-state index in [4.69, 9.17) is 0 Å². The van der Waals surface area contributed by atoms with Crippen LogP contribution in [0.5, 0.6) is 0 Å². The Hall–Kier alpha value is -1.62. The largest absolute Gasteiger partial charge is 0.295 e. The van der Waals surface area contributed by atoms with Crippen molar-refractivity contribution >= 4 is 27.7 Å². The molecule has 104 valence electrons. The number of rotatable bonds is 2. The van der Waals surface area contributed by atoms with E-state index in [0.29, 0.717) is 13.0 Å². The van der Waals surface area contributed by atoms with Crippen LogP contribution >= 0.6 is 15.9 Å². The fourth-order valence-electron chi connectivity index (χ4n) is 2.77. The van der Waals surface area contributed by atoms with E-state index in [9.17, 15) is 4.79 Å². The molecule has 0 spiro atoms. The van der Waals surface area contributed by atoms with Gasteiger partial charge in [-0.05, 0) is 12.5 Å². The van der Waals surface area contributed by atoms with Crippen molar-refractivity contribution in [3.8, 4) is 11.1 Å². The number of hydrogen-bond acceptors (Lipinski definition) is 2.